The van der Waals surface area contributed by atoms with E-state index in [2.05, 4.69) is 0 Å². The Hall–Kier alpha value is -0.870. The van der Waals surface area contributed by atoms with E-state index >= 15 is 26.3 Å². The van der Waals surface area contributed by atoms with Crippen LogP contribution in [0.3, 0.4) is 0 Å². The first-order chi connectivity index (χ1) is 24.5. The van der Waals surface area contributed by atoms with E-state index in [1.165, 1.54) is 27.7 Å². The zero-order chi connectivity index (χ0) is 38.4. The summed E-state index contributed by atoms with van der Waals surface area (Å²) in [5.74, 6) is -18.8. The van der Waals surface area contributed by atoms with Crippen molar-refractivity contribution in [2.75, 3.05) is 11.9 Å². The Bertz CT molecular complexity index is 1460. The van der Waals surface area contributed by atoms with E-state index in [0.717, 1.165) is 0 Å². The van der Waals surface area contributed by atoms with Crippen LogP contribution in [-0.4, -0.2) is 79.6 Å². The van der Waals surface area contributed by atoms with Gasteiger partial charge in [-0.25, -0.2) is 28.0 Å². The van der Waals surface area contributed by atoms with Crippen LogP contribution in [0.4, 0.5) is 26.3 Å². The van der Waals surface area contributed by atoms with E-state index in [4.69, 9.17) is 48.0 Å². The molecule has 10 fully saturated rings. The summed E-state index contributed by atoms with van der Waals surface area (Å²) in [6, 6.07) is 0. The Kier molecular flexibility index (Phi) is 8.88. The highest BCUT2D eigenvalue weighted by Crippen LogP contribution is 2.66. The minimum atomic E-state index is -5.31. The molecular weight excluding hydrogens is 746 g/mol. The van der Waals surface area contributed by atoms with Crippen molar-refractivity contribution in [1.82, 2.24) is 0 Å². The quantitative estimate of drug-likeness (QED) is 0.212. The summed E-state index contributed by atoms with van der Waals surface area (Å²) in [7, 11) is -5.00. The van der Waals surface area contributed by atoms with E-state index in [1.54, 1.807) is 0 Å². The summed E-state index contributed by atoms with van der Waals surface area (Å²) in [6.07, 6.45) is -10.7. The fraction of sp³-hybridized carbons (Fsp3) is 1.00. The minimum Gasteiger partial charge on any atom is -0.326 e. The number of fused-ring (bicyclic) bond motifs is 4. The first-order valence-electron chi connectivity index (χ1n) is 18.5. The van der Waals surface area contributed by atoms with Crippen molar-refractivity contribution in [2.45, 2.75) is 152 Å². The number of hydrogen-bond donors (Lipinski definition) is 0. The highest BCUT2D eigenvalue weighted by atomic mass is 32.2. The van der Waals surface area contributed by atoms with Crippen LogP contribution in [0, 0.1) is 47.3 Å². The number of halogens is 6. The van der Waals surface area contributed by atoms with Gasteiger partial charge in [0.05, 0.1) is 0 Å². The molecule has 4 bridgehead atoms. The van der Waals surface area contributed by atoms with Gasteiger partial charge in [0.15, 0.2) is 45.5 Å². The molecule has 0 amide bonds. The summed E-state index contributed by atoms with van der Waals surface area (Å²) in [6.45, 7) is 9.45. The van der Waals surface area contributed by atoms with Crippen molar-refractivity contribution in [2.24, 2.45) is 47.3 Å². The summed E-state index contributed by atoms with van der Waals surface area (Å²) in [5.41, 5.74) is -2.86. The lowest BCUT2D eigenvalue weighted by molar-refractivity contribution is -0.598. The average Bonchev–Trinajstić information content (AvgIpc) is 3.43. The maximum Gasteiger partial charge on any atom is 0.443 e. The van der Waals surface area contributed by atoms with Gasteiger partial charge in [-0.15, -0.1) is 0 Å². The fourth-order valence-electron chi connectivity index (χ4n) is 11.4. The molecular formula is C34H48F6O12S. The number of rotatable bonds is 6. The van der Waals surface area contributed by atoms with Crippen LogP contribution >= 0.6 is 0 Å². The maximum atomic E-state index is 15.3. The van der Waals surface area contributed by atoms with Crippen LogP contribution in [0.25, 0.3) is 0 Å². The molecule has 0 unspecified atom stereocenters. The number of hydrogen-bond acceptors (Lipinski definition) is 12. The molecule has 19 heteroatoms. The van der Waals surface area contributed by atoms with Crippen molar-refractivity contribution in [3.8, 4) is 0 Å². The molecule has 2 saturated carbocycles. The Morgan fingerprint density at radius 2 is 0.943 bits per heavy atom. The molecule has 0 radical (unpaired) electrons. The highest BCUT2D eigenvalue weighted by Gasteiger charge is 2.79. The van der Waals surface area contributed by atoms with E-state index < -0.39 is 105 Å². The van der Waals surface area contributed by atoms with Gasteiger partial charge in [-0.2, -0.15) is 26.3 Å². The second kappa shape index (κ2) is 12.1. The monoisotopic (exact) mass is 794 g/mol. The number of sulfone groups is 1. The van der Waals surface area contributed by atoms with Crippen LogP contribution in [-0.2, 0) is 57.8 Å². The third-order valence-electron chi connectivity index (χ3n) is 14.2. The summed E-state index contributed by atoms with van der Waals surface area (Å²) >= 11 is 0. The van der Waals surface area contributed by atoms with Gasteiger partial charge in [0.25, 0.3) is 11.6 Å². The van der Waals surface area contributed by atoms with Crippen LogP contribution < -0.4 is 0 Å². The normalized spacial score (nSPS) is 53.7. The van der Waals surface area contributed by atoms with E-state index in [-0.39, 0.29) is 36.5 Å². The van der Waals surface area contributed by atoms with Crippen LogP contribution in [0.1, 0.15) is 92.9 Å². The maximum absolute atomic E-state index is 15.3. The molecule has 10 aliphatic rings. The Morgan fingerprint density at radius 1 is 0.566 bits per heavy atom. The van der Waals surface area contributed by atoms with Gasteiger partial charge in [-0.1, -0.05) is 27.7 Å². The molecule has 2 spiro atoms. The Labute approximate surface area is 303 Å². The van der Waals surface area contributed by atoms with E-state index in [0.29, 0.717) is 38.5 Å². The first-order valence-corrected chi connectivity index (χ1v) is 20.4. The van der Waals surface area contributed by atoms with Crippen molar-refractivity contribution in [3.63, 3.8) is 0 Å². The zero-order valence-electron chi connectivity index (χ0n) is 30.4. The van der Waals surface area contributed by atoms with Gasteiger partial charge >= 0.3 is 12.4 Å². The SMILES string of the molecule is C[C@@H]1CC[C@H]2[C@@H](C)[C@](OCS(=O)(=O)CO[C@@]3(C(F)(F)F)O[C@@H]4O[C@@]5(C)CC[C@H]6[C@H](C)CC[C@@H]([C@H]3C)[C@@]46OO5)(C(F)(F)F)O[C@@H]3O[C@@]4(C)CC[C@@H]1[C@]32OO4. The smallest absolute Gasteiger partial charge is 0.326 e. The molecule has 0 aromatic rings. The molecule has 0 aromatic heterocycles. The average molecular weight is 795 g/mol. The molecule has 10 rings (SSSR count). The molecule has 12 nitrogen and oxygen atoms in total. The molecule has 8 heterocycles. The van der Waals surface area contributed by atoms with Crippen molar-refractivity contribution < 1.29 is 82.7 Å². The predicted octanol–water partition coefficient (Wildman–Crippen LogP) is 6.63. The van der Waals surface area contributed by atoms with Gasteiger partial charge in [0, 0.05) is 36.5 Å². The zero-order valence-corrected chi connectivity index (χ0v) is 31.2. The van der Waals surface area contributed by atoms with Crippen LogP contribution in [0.2, 0.25) is 0 Å². The molecule has 8 saturated heterocycles. The highest BCUT2D eigenvalue weighted by molar-refractivity contribution is 7.91. The van der Waals surface area contributed by atoms with Gasteiger partial charge in [0.1, 0.15) is 0 Å². The summed E-state index contributed by atoms with van der Waals surface area (Å²) < 4.78 is 153. The third kappa shape index (κ3) is 5.40. The lowest BCUT2D eigenvalue weighted by Crippen LogP contribution is -2.76. The van der Waals surface area contributed by atoms with Gasteiger partial charge < -0.3 is 28.4 Å². The molecule has 304 valence electrons. The molecule has 0 N–H and O–H groups in total. The number of ether oxygens (including phenoxy) is 6. The van der Waals surface area contributed by atoms with Crippen molar-refractivity contribution in [3.05, 3.63) is 0 Å². The largest absolute Gasteiger partial charge is 0.443 e. The van der Waals surface area contributed by atoms with E-state index in [1.807, 2.05) is 13.8 Å². The Morgan fingerprint density at radius 3 is 1.30 bits per heavy atom. The topological polar surface area (TPSA) is 126 Å². The Balaban J connectivity index is 1.07. The molecule has 53 heavy (non-hydrogen) atoms. The van der Waals surface area contributed by atoms with Gasteiger partial charge in [-0.3, -0.25) is 0 Å². The minimum absolute atomic E-state index is 0.0256. The standard InChI is InChI=1S/C34H48F6O12S/c1-17-7-9-23-19(3)31(33(35,36)37,47-25-29(23)21(17)11-13-27(5,45-25)49-51-29)43-15-53(41,42)16-44-32(34(38,39)40)20(4)24-10-8-18(2)22-12-14-28(6)46-26(48-32)30(22,24)52-50-28/h17-26H,7-16H2,1-6H3/t17-,18-,19-,20-,21+,22+,23+,24+,25+,26+,27-,28-,29-,30-,31-,32-/m1/s1. The molecule has 8 aliphatic heterocycles. The number of alkyl halides is 6. The van der Waals surface area contributed by atoms with Crippen LogP contribution in [0.5, 0.6) is 0 Å². The van der Waals surface area contributed by atoms with Gasteiger partial charge in [0.2, 0.25) is 11.6 Å². The lowest BCUT2D eigenvalue weighted by Gasteiger charge is -2.63. The first kappa shape index (κ1) is 39.0. The second-order valence-electron chi connectivity index (χ2n) is 17.2. The second-order valence-corrected chi connectivity index (χ2v) is 19.2. The molecule has 0 aromatic carbocycles. The third-order valence-corrected chi connectivity index (χ3v) is 15.2. The summed E-state index contributed by atoms with van der Waals surface area (Å²) in [4.78, 5) is 23.1. The molecule has 16 atom stereocenters. The van der Waals surface area contributed by atoms with Crippen molar-refractivity contribution >= 4 is 9.84 Å². The summed E-state index contributed by atoms with van der Waals surface area (Å²) in [5, 5.41) is 0. The molecule has 2 aliphatic carbocycles. The van der Waals surface area contributed by atoms with Gasteiger partial charge in [-0.05, 0) is 76.0 Å². The van der Waals surface area contributed by atoms with Crippen molar-refractivity contribution in [1.29, 1.82) is 0 Å². The van der Waals surface area contributed by atoms with E-state index in [9.17, 15) is 8.42 Å². The lowest BCUT2D eigenvalue weighted by atomic mass is 9.57. The van der Waals surface area contributed by atoms with Crippen LogP contribution in [0.15, 0.2) is 0 Å². The predicted molar refractivity (Wildman–Crippen MR) is 164 cm³/mol. The fourth-order valence-corrected chi connectivity index (χ4v) is 12.1.